The number of benzene rings is 3. The number of nitrogens with zero attached hydrogens (tertiary/aromatic N) is 1. The fourth-order valence-electron chi connectivity index (χ4n) is 4.27. The van der Waals surface area contributed by atoms with Gasteiger partial charge in [0, 0.05) is 31.0 Å². The molecule has 1 aliphatic heterocycles. The zero-order valence-corrected chi connectivity index (χ0v) is 18.9. The average molecular weight is 474 g/mol. The summed E-state index contributed by atoms with van der Waals surface area (Å²) >= 11 is -0.150. The first-order valence-electron chi connectivity index (χ1n) is 10.8. The summed E-state index contributed by atoms with van der Waals surface area (Å²) < 4.78 is 45.5. The molecule has 0 aliphatic carbocycles. The lowest BCUT2D eigenvalue weighted by Gasteiger charge is -2.43. The molecule has 3 aromatic rings. The van der Waals surface area contributed by atoms with E-state index in [-0.39, 0.29) is 23.1 Å². The Hall–Kier alpha value is -2.32. The maximum atomic E-state index is 13.2. The second-order valence-electron chi connectivity index (χ2n) is 8.20. The lowest BCUT2D eigenvalue weighted by molar-refractivity contribution is -0.150. The highest BCUT2D eigenvalue weighted by atomic mass is 32.2. The van der Waals surface area contributed by atoms with Gasteiger partial charge < -0.3 is 9.84 Å². The molecule has 1 fully saturated rings. The molecule has 3 nitrogen and oxygen atoms in total. The summed E-state index contributed by atoms with van der Waals surface area (Å²) in [4.78, 5) is 2.31. The van der Waals surface area contributed by atoms with E-state index in [0.29, 0.717) is 30.8 Å². The van der Waals surface area contributed by atoms with Crippen LogP contribution in [0.1, 0.15) is 16.7 Å². The fraction of sp³-hybridized carbons (Fsp3) is 0.308. The molecule has 7 heteroatoms. The molecule has 1 saturated heterocycles. The van der Waals surface area contributed by atoms with Gasteiger partial charge in [0.15, 0.2) is 0 Å². The van der Waals surface area contributed by atoms with Crippen molar-refractivity contribution in [1.29, 1.82) is 0 Å². The normalized spacial score (nSPS) is 19.2. The second-order valence-corrected chi connectivity index (χ2v) is 9.31. The minimum absolute atomic E-state index is 0.0140. The van der Waals surface area contributed by atoms with Crippen molar-refractivity contribution >= 4 is 11.8 Å². The Kier molecular flexibility index (Phi) is 7.44. The molecule has 3 aromatic carbocycles. The molecule has 0 spiro atoms. The Labute approximate surface area is 196 Å². The van der Waals surface area contributed by atoms with E-state index in [1.54, 1.807) is 30.3 Å². The molecule has 0 amide bonds. The van der Waals surface area contributed by atoms with Crippen molar-refractivity contribution < 1.29 is 23.0 Å². The van der Waals surface area contributed by atoms with Crippen molar-refractivity contribution in [2.45, 2.75) is 35.1 Å². The van der Waals surface area contributed by atoms with Gasteiger partial charge in [0.2, 0.25) is 0 Å². The number of rotatable bonds is 7. The molecule has 1 aliphatic rings. The minimum Gasteiger partial charge on any atom is -0.382 e. The van der Waals surface area contributed by atoms with Crippen LogP contribution in [0.2, 0.25) is 0 Å². The molecule has 2 unspecified atom stereocenters. The Balaban J connectivity index is 1.63. The number of aliphatic hydroxyl groups is 1. The largest absolute Gasteiger partial charge is 0.446 e. The van der Waals surface area contributed by atoms with Crippen molar-refractivity contribution in [3.63, 3.8) is 0 Å². The van der Waals surface area contributed by atoms with Gasteiger partial charge in [-0.05, 0) is 34.5 Å². The summed E-state index contributed by atoms with van der Waals surface area (Å²) in [5.41, 5.74) is -3.67. The van der Waals surface area contributed by atoms with Gasteiger partial charge in [-0.1, -0.05) is 78.9 Å². The second kappa shape index (κ2) is 10.3. The third-order valence-corrected chi connectivity index (χ3v) is 6.71. The smallest absolute Gasteiger partial charge is 0.382 e. The van der Waals surface area contributed by atoms with Crippen LogP contribution in [0.15, 0.2) is 89.8 Å². The molecule has 1 N–H and O–H groups in total. The molecule has 0 bridgehead atoms. The first-order chi connectivity index (χ1) is 15.8. The molecular weight excluding hydrogens is 447 g/mol. The van der Waals surface area contributed by atoms with E-state index in [1.165, 1.54) is 6.07 Å². The van der Waals surface area contributed by atoms with Gasteiger partial charge in [-0.3, -0.25) is 4.90 Å². The summed E-state index contributed by atoms with van der Waals surface area (Å²) in [7, 11) is 0. The number of hydrogen-bond donors (Lipinski definition) is 1. The summed E-state index contributed by atoms with van der Waals surface area (Å²) in [6.07, 6.45) is -0.582. The zero-order chi connectivity index (χ0) is 23.3. The first-order valence-corrected chi connectivity index (χ1v) is 11.6. The summed E-state index contributed by atoms with van der Waals surface area (Å²) in [5.74, 6) is 0. The van der Waals surface area contributed by atoms with Crippen LogP contribution in [0.25, 0.3) is 0 Å². The van der Waals surface area contributed by atoms with Gasteiger partial charge in [-0.25, -0.2) is 0 Å². The number of thioether (sulfide) groups is 1. The maximum absolute atomic E-state index is 13.2. The van der Waals surface area contributed by atoms with Crippen molar-refractivity contribution in [3.05, 3.63) is 102 Å². The number of hydrogen-bond acceptors (Lipinski definition) is 4. The molecule has 4 rings (SSSR count). The van der Waals surface area contributed by atoms with Gasteiger partial charge in [0.25, 0.3) is 0 Å². The predicted molar refractivity (Wildman–Crippen MR) is 124 cm³/mol. The van der Waals surface area contributed by atoms with Gasteiger partial charge in [0.05, 0.1) is 6.61 Å². The zero-order valence-electron chi connectivity index (χ0n) is 18.0. The van der Waals surface area contributed by atoms with Crippen molar-refractivity contribution in [1.82, 2.24) is 4.90 Å². The Morgan fingerprint density at radius 1 is 0.909 bits per heavy atom. The SMILES string of the molecule is OC(Cc1ccccc1SC(F)(F)F)(c1ccccc1)C1CN(Cc2ccccc2)CCO1. The number of morpholine rings is 1. The molecule has 1 heterocycles. The highest BCUT2D eigenvalue weighted by molar-refractivity contribution is 8.00. The molecule has 2 atom stereocenters. The lowest BCUT2D eigenvalue weighted by Crippen LogP contribution is -2.53. The van der Waals surface area contributed by atoms with Gasteiger partial charge in [0.1, 0.15) is 11.7 Å². The Bertz CT molecular complexity index is 1030. The van der Waals surface area contributed by atoms with Gasteiger partial charge >= 0.3 is 5.51 Å². The molecule has 0 radical (unpaired) electrons. The van der Waals surface area contributed by atoms with E-state index in [0.717, 1.165) is 12.1 Å². The topological polar surface area (TPSA) is 32.7 Å². The van der Waals surface area contributed by atoms with E-state index in [4.69, 9.17) is 4.74 Å². The summed E-state index contributed by atoms with van der Waals surface area (Å²) in [6, 6.07) is 25.5. The number of alkyl halides is 3. The summed E-state index contributed by atoms with van der Waals surface area (Å²) in [6.45, 7) is 2.34. The van der Waals surface area contributed by atoms with Crippen LogP contribution < -0.4 is 0 Å². The lowest BCUT2D eigenvalue weighted by atomic mass is 9.81. The fourth-order valence-corrected chi connectivity index (χ4v) is 4.94. The Morgan fingerprint density at radius 3 is 2.24 bits per heavy atom. The van der Waals surface area contributed by atoms with Crippen molar-refractivity contribution in [2.24, 2.45) is 0 Å². The third-order valence-electron chi connectivity index (χ3n) is 5.86. The maximum Gasteiger partial charge on any atom is 0.446 e. The van der Waals surface area contributed by atoms with Crippen LogP contribution in [0, 0.1) is 0 Å². The minimum atomic E-state index is -4.41. The van der Waals surface area contributed by atoms with E-state index in [9.17, 15) is 18.3 Å². The number of halogens is 3. The molecular formula is C26H26F3NO2S. The Morgan fingerprint density at radius 2 is 1.55 bits per heavy atom. The standard InChI is InChI=1S/C26H26F3NO2S/c27-26(28,29)33-23-14-8-7-11-21(23)17-25(31,22-12-5-2-6-13-22)24-19-30(15-16-32-24)18-20-9-3-1-4-10-20/h1-14,24,31H,15-19H2. The van der Waals surface area contributed by atoms with E-state index >= 15 is 0 Å². The highest BCUT2D eigenvalue weighted by Gasteiger charge is 2.43. The highest BCUT2D eigenvalue weighted by Crippen LogP contribution is 2.41. The third kappa shape index (κ3) is 6.18. The molecule has 0 aromatic heterocycles. The number of ether oxygens (including phenoxy) is 1. The van der Waals surface area contributed by atoms with Gasteiger partial charge in [-0.15, -0.1) is 0 Å². The first kappa shape index (κ1) is 23.8. The van der Waals surface area contributed by atoms with E-state index in [2.05, 4.69) is 17.0 Å². The van der Waals surface area contributed by atoms with Crippen molar-refractivity contribution in [3.8, 4) is 0 Å². The molecule has 174 valence electrons. The molecule has 33 heavy (non-hydrogen) atoms. The van der Waals surface area contributed by atoms with Crippen LogP contribution >= 0.6 is 11.8 Å². The van der Waals surface area contributed by atoms with Crippen LogP contribution in [0.3, 0.4) is 0 Å². The van der Waals surface area contributed by atoms with Crippen LogP contribution in [0.5, 0.6) is 0 Å². The van der Waals surface area contributed by atoms with E-state index < -0.39 is 17.2 Å². The van der Waals surface area contributed by atoms with Crippen LogP contribution in [-0.4, -0.2) is 41.3 Å². The predicted octanol–water partition coefficient (Wildman–Crippen LogP) is 5.63. The monoisotopic (exact) mass is 473 g/mol. The van der Waals surface area contributed by atoms with Crippen molar-refractivity contribution in [2.75, 3.05) is 19.7 Å². The average Bonchev–Trinajstić information content (AvgIpc) is 2.81. The van der Waals surface area contributed by atoms with Crippen LogP contribution in [0.4, 0.5) is 13.2 Å². The van der Waals surface area contributed by atoms with Crippen LogP contribution in [-0.2, 0) is 23.3 Å². The molecule has 0 saturated carbocycles. The van der Waals surface area contributed by atoms with Gasteiger partial charge in [-0.2, -0.15) is 13.2 Å². The van der Waals surface area contributed by atoms with E-state index in [1.807, 2.05) is 36.4 Å². The quantitative estimate of drug-likeness (QED) is 0.451. The summed E-state index contributed by atoms with van der Waals surface area (Å²) in [5, 5.41) is 12.0.